The first kappa shape index (κ1) is 15.1. The first-order valence-electron chi connectivity index (χ1n) is 8.72. The van der Waals surface area contributed by atoms with Gasteiger partial charge >= 0.3 is 0 Å². The number of aliphatic hydroxyl groups is 1. The lowest BCUT2D eigenvalue weighted by molar-refractivity contribution is -0.0795. The summed E-state index contributed by atoms with van der Waals surface area (Å²) in [6.07, 6.45) is 4.82. The van der Waals surface area contributed by atoms with Crippen molar-refractivity contribution in [2.75, 3.05) is 26.2 Å². The van der Waals surface area contributed by atoms with Crippen molar-refractivity contribution in [3.8, 4) is 0 Å². The van der Waals surface area contributed by atoms with E-state index >= 15 is 0 Å². The zero-order valence-electron chi connectivity index (χ0n) is 13.6. The third kappa shape index (κ3) is 2.46. The highest BCUT2D eigenvalue weighted by Crippen LogP contribution is 2.41. The fourth-order valence-corrected chi connectivity index (χ4v) is 4.96. The van der Waals surface area contributed by atoms with Crippen LogP contribution in [0, 0.1) is 18.8 Å². The van der Waals surface area contributed by atoms with E-state index in [1.54, 1.807) is 6.92 Å². The predicted octanol–water partition coefficient (Wildman–Crippen LogP) is 0.420. The van der Waals surface area contributed by atoms with Crippen molar-refractivity contribution in [1.82, 2.24) is 25.2 Å². The van der Waals surface area contributed by atoms with E-state index in [1.807, 2.05) is 4.90 Å². The molecule has 23 heavy (non-hydrogen) atoms. The fraction of sp³-hybridized carbons (Fsp3) is 0.812. The monoisotopic (exact) mass is 319 g/mol. The maximum atomic E-state index is 12.8. The molecule has 7 nitrogen and oxygen atoms in total. The minimum absolute atomic E-state index is 0.0214. The van der Waals surface area contributed by atoms with Gasteiger partial charge in [-0.25, -0.2) is 0 Å². The van der Waals surface area contributed by atoms with Gasteiger partial charge in [0.05, 0.1) is 12.3 Å². The van der Waals surface area contributed by atoms with Crippen LogP contribution in [0.1, 0.15) is 41.9 Å². The maximum absolute atomic E-state index is 12.8. The van der Waals surface area contributed by atoms with E-state index in [0.29, 0.717) is 29.3 Å². The second-order valence-electron chi connectivity index (χ2n) is 7.27. The summed E-state index contributed by atoms with van der Waals surface area (Å²) in [7, 11) is 0. The Bertz CT molecular complexity index is 575. The number of fused-ring (bicyclic) bond motifs is 4. The van der Waals surface area contributed by atoms with Crippen LogP contribution in [0.4, 0.5) is 0 Å². The van der Waals surface area contributed by atoms with E-state index in [-0.39, 0.29) is 18.6 Å². The minimum atomic E-state index is -0.0214. The number of aromatic amines is 1. The van der Waals surface area contributed by atoms with Gasteiger partial charge in [0, 0.05) is 25.2 Å². The molecule has 3 fully saturated rings. The second kappa shape index (κ2) is 5.87. The Hall–Kier alpha value is -1.47. The number of rotatable bonds is 2. The first-order chi connectivity index (χ1) is 11.2. The number of aryl methyl sites for hydroxylation is 1. The number of likely N-dealkylation sites (tertiary alicyclic amines) is 1. The molecule has 2 N–H and O–H groups in total. The lowest BCUT2D eigenvalue weighted by atomic mass is 9.72. The third-order valence-electron chi connectivity index (χ3n) is 6.02. The molecule has 4 heterocycles. The van der Waals surface area contributed by atoms with Gasteiger partial charge in [-0.15, -0.1) is 0 Å². The van der Waals surface area contributed by atoms with Crippen LogP contribution in [0.25, 0.3) is 0 Å². The zero-order chi connectivity index (χ0) is 16.0. The molecule has 1 aromatic heterocycles. The molecule has 0 aliphatic carbocycles. The van der Waals surface area contributed by atoms with Gasteiger partial charge in [0.25, 0.3) is 5.91 Å². The van der Waals surface area contributed by atoms with Gasteiger partial charge in [-0.3, -0.25) is 9.69 Å². The number of hydrogen-bond donors (Lipinski definition) is 2. The summed E-state index contributed by atoms with van der Waals surface area (Å²) < 4.78 is 0. The summed E-state index contributed by atoms with van der Waals surface area (Å²) in [6, 6.07) is 0.719. The van der Waals surface area contributed by atoms with Crippen molar-refractivity contribution < 1.29 is 9.90 Å². The van der Waals surface area contributed by atoms with Crippen molar-refractivity contribution in [2.24, 2.45) is 11.8 Å². The molecule has 126 valence electrons. The molecule has 0 radical (unpaired) electrons. The van der Waals surface area contributed by atoms with Crippen molar-refractivity contribution >= 4 is 5.91 Å². The number of piperidine rings is 3. The van der Waals surface area contributed by atoms with Crippen LogP contribution < -0.4 is 0 Å². The molecule has 3 saturated heterocycles. The van der Waals surface area contributed by atoms with Gasteiger partial charge in [0.15, 0.2) is 5.69 Å². The van der Waals surface area contributed by atoms with Crippen LogP contribution in [0.2, 0.25) is 0 Å². The quantitative estimate of drug-likeness (QED) is 0.825. The zero-order valence-corrected chi connectivity index (χ0v) is 13.6. The van der Waals surface area contributed by atoms with Crippen LogP contribution in [-0.4, -0.2) is 74.5 Å². The summed E-state index contributed by atoms with van der Waals surface area (Å²) in [5.74, 6) is 0.865. The summed E-state index contributed by atoms with van der Waals surface area (Å²) in [5, 5.41) is 20.4. The third-order valence-corrected chi connectivity index (χ3v) is 6.02. The largest absolute Gasteiger partial charge is 0.395 e. The molecule has 0 aromatic carbocycles. The number of hydrogen-bond acceptors (Lipinski definition) is 5. The Balaban J connectivity index is 1.58. The summed E-state index contributed by atoms with van der Waals surface area (Å²) in [4.78, 5) is 17.3. The smallest absolute Gasteiger partial charge is 0.276 e. The number of amides is 1. The maximum Gasteiger partial charge on any atom is 0.276 e. The van der Waals surface area contributed by atoms with E-state index in [2.05, 4.69) is 20.3 Å². The van der Waals surface area contributed by atoms with Crippen LogP contribution in [0.15, 0.2) is 0 Å². The lowest BCUT2D eigenvalue weighted by Gasteiger charge is -2.56. The Labute approximate surface area is 136 Å². The highest BCUT2D eigenvalue weighted by atomic mass is 16.3. The highest BCUT2D eigenvalue weighted by Gasteiger charge is 2.47. The van der Waals surface area contributed by atoms with Crippen molar-refractivity contribution in [1.29, 1.82) is 0 Å². The van der Waals surface area contributed by atoms with Gasteiger partial charge in [-0.1, -0.05) is 6.42 Å². The van der Waals surface area contributed by atoms with E-state index < -0.39 is 0 Å². The number of aliphatic hydroxyl groups excluding tert-OH is 1. The number of carbonyl (C=O) groups excluding carboxylic acids is 1. The van der Waals surface area contributed by atoms with E-state index in [1.165, 1.54) is 19.3 Å². The molecule has 0 saturated carbocycles. The van der Waals surface area contributed by atoms with Crippen LogP contribution in [0.5, 0.6) is 0 Å². The molecule has 4 rings (SSSR count). The molecule has 1 amide bonds. The molecule has 3 aliphatic rings. The van der Waals surface area contributed by atoms with Gasteiger partial charge < -0.3 is 10.0 Å². The van der Waals surface area contributed by atoms with Gasteiger partial charge in [-0.05, 0) is 44.6 Å². The van der Waals surface area contributed by atoms with Gasteiger partial charge in [0.1, 0.15) is 0 Å². The SMILES string of the molecule is Cc1n[nH]nc1C(=O)N1C[C@H]2C[C@@H](C1)[C@H](CO)N1CCCC[C@@H]21. The minimum Gasteiger partial charge on any atom is -0.395 e. The summed E-state index contributed by atoms with van der Waals surface area (Å²) in [6.45, 7) is 4.62. The topological polar surface area (TPSA) is 85.3 Å². The Morgan fingerprint density at radius 2 is 2.13 bits per heavy atom. The fourth-order valence-electron chi connectivity index (χ4n) is 4.96. The van der Waals surface area contributed by atoms with Gasteiger partial charge in [-0.2, -0.15) is 15.4 Å². The standard InChI is InChI=1S/C16H25N5O2/c1-10-15(18-19-17-10)16(23)20-7-11-6-12(8-20)14(9-22)21-5-3-2-4-13(11)21/h11-14,22H,2-9H2,1H3,(H,17,18,19)/t11-,12+,13+,14+/m1/s1. The second-order valence-corrected chi connectivity index (χ2v) is 7.27. The average molecular weight is 319 g/mol. The van der Waals surface area contributed by atoms with Crippen molar-refractivity contribution in [3.63, 3.8) is 0 Å². The number of H-pyrrole nitrogens is 1. The number of carbonyl (C=O) groups is 1. The first-order valence-corrected chi connectivity index (χ1v) is 8.72. The van der Waals surface area contributed by atoms with Crippen LogP contribution >= 0.6 is 0 Å². The van der Waals surface area contributed by atoms with Crippen molar-refractivity contribution in [2.45, 2.75) is 44.7 Å². The highest BCUT2D eigenvalue weighted by molar-refractivity contribution is 5.93. The number of aromatic nitrogens is 3. The van der Waals surface area contributed by atoms with Crippen LogP contribution in [-0.2, 0) is 0 Å². The molecule has 1 aromatic rings. The molecule has 4 atom stereocenters. The molecule has 0 unspecified atom stereocenters. The van der Waals surface area contributed by atoms with Crippen LogP contribution in [0.3, 0.4) is 0 Å². The summed E-state index contributed by atoms with van der Waals surface area (Å²) >= 11 is 0. The molecule has 2 bridgehead atoms. The molecule has 3 aliphatic heterocycles. The average Bonchev–Trinajstić information content (AvgIpc) is 3.00. The summed E-state index contributed by atoms with van der Waals surface area (Å²) in [5.41, 5.74) is 1.09. The molecule has 7 heteroatoms. The molecular formula is C16H25N5O2. The molecular weight excluding hydrogens is 294 g/mol. The van der Waals surface area contributed by atoms with E-state index in [0.717, 1.165) is 26.1 Å². The van der Waals surface area contributed by atoms with Crippen molar-refractivity contribution in [3.05, 3.63) is 11.4 Å². The van der Waals surface area contributed by atoms with E-state index in [9.17, 15) is 9.90 Å². The van der Waals surface area contributed by atoms with Gasteiger partial charge in [0.2, 0.25) is 0 Å². The number of nitrogens with zero attached hydrogens (tertiary/aromatic N) is 4. The normalized spacial score (nSPS) is 34.3. The Kier molecular flexibility index (Phi) is 3.85. The Morgan fingerprint density at radius 3 is 2.87 bits per heavy atom. The number of nitrogens with one attached hydrogen (secondary N) is 1. The predicted molar refractivity (Wildman–Crippen MR) is 83.8 cm³/mol. The molecule has 0 spiro atoms. The van der Waals surface area contributed by atoms with E-state index in [4.69, 9.17) is 0 Å². The lowest BCUT2D eigenvalue weighted by Crippen LogP contribution is -2.65. The Morgan fingerprint density at radius 1 is 1.30 bits per heavy atom.